The molecule has 2 heterocycles. The Morgan fingerprint density at radius 1 is 1.30 bits per heavy atom. The Hall–Kier alpha value is -2.87. The average molecular weight is 428 g/mol. The highest BCUT2D eigenvalue weighted by Gasteiger charge is 2.21. The maximum Gasteiger partial charge on any atom is 0.259 e. The van der Waals surface area contributed by atoms with Crippen LogP contribution in [0.15, 0.2) is 23.0 Å². The quantitative estimate of drug-likeness (QED) is 0.603. The number of hydrogen-bond acceptors (Lipinski definition) is 6. The molecule has 30 heavy (non-hydrogen) atoms. The van der Waals surface area contributed by atoms with E-state index in [1.807, 2.05) is 25.1 Å². The van der Waals surface area contributed by atoms with Crippen LogP contribution in [0.4, 0.5) is 0 Å². The number of rotatable bonds is 7. The lowest BCUT2D eigenvalue weighted by atomic mass is 10.1. The van der Waals surface area contributed by atoms with Gasteiger partial charge in [-0.1, -0.05) is 0 Å². The second kappa shape index (κ2) is 8.47. The molecule has 0 fully saturated rings. The minimum absolute atomic E-state index is 0.0932. The number of carbonyl (C=O) groups excluding carboxylic acids is 1. The fourth-order valence-corrected chi connectivity index (χ4v) is 5.25. The summed E-state index contributed by atoms with van der Waals surface area (Å²) in [6.07, 6.45) is 3.69. The van der Waals surface area contributed by atoms with Crippen molar-refractivity contribution in [3.05, 3.63) is 50.4 Å². The number of carbonyl (C=O) groups is 1. The van der Waals surface area contributed by atoms with Crippen LogP contribution >= 0.6 is 11.3 Å². The van der Waals surface area contributed by atoms with Crippen molar-refractivity contribution < 1.29 is 14.3 Å². The fraction of sp³-hybridized carbons (Fsp3) is 0.409. The van der Waals surface area contributed by atoms with Gasteiger partial charge in [0.05, 0.1) is 25.6 Å². The van der Waals surface area contributed by atoms with E-state index in [2.05, 4.69) is 15.3 Å². The standard InChI is InChI=1S/C22H25N3O4S/c1-12(15-11-13(28-2)7-8-16(15)29-3)23-19(26)10-9-18-24-21(27)20-14-5-4-6-17(14)30-22(20)25-18/h7-8,11-12H,4-6,9-10H2,1-3H3,(H,23,26)(H,24,25,27). The number of amides is 1. The lowest BCUT2D eigenvalue weighted by Crippen LogP contribution is -2.27. The zero-order chi connectivity index (χ0) is 21.3. The topological polar surface area (TPSA) is 93.3 Å². The van der Waals surface area contributed by atoms with Crippen molar-refractivity contribution in [1.82, 2.24) is 15.3 Å². The molecule has 0 saturated carbocycles. The molecular formula is C22H25N3O4S. The molecule has 1 atom stereocenters. The van der Waals surface area contributed by atoms with Crippen LogP contribution in [0.1, 0.15) is 47.6 Å². The average Bonchev–Trinajstić information content (AvgIpc) is 3.32. The summed E-state index contributed by atoms with van der Waals surface area (Å²) in [4.78, 5) is 34.6. The molecule has 158 valence electrons. The van der Waals surface area contributed by atoms with Gasteiger partial charge in [0.25, 0.3) is 5.56 Å². The summed E-state index contributed by atoms with van der Waals surface area (Å²) in [5.41, 5.74) is 1.91. The third-order valence-corrected chi connectivity index (χ3v) is 6.68. The minimum Gasteiger partial charge on any atom is -0.497 e. The molecule has 0 bridgehead atoms. The largest absolute Gasteiger partial charge is 0.497 e. The van der Waals surface area contributed by atoms with Crippen LogP contribution in [-0.4, -0.2) is 30.1 Å². The van der Waals surface area contributed by atoms with Gasteiger partial charge in [-0.25, -0.2) is 4.98 Å². The van der Waals surface area contributed by atoms with E-state index in [9.17, 15) is 9.59 Å². The SMILES string of the molecule is COc1ccc(OC)c(C(C)NC(=O)CCc2nc3sc4c(c3c(=O)[nH]2)CCC4)c1. The number of thiophene rings is 1. The number of aromatic nitrogens is 2. The van der Waals surface area contributed by atoms with Gasteiger partial charge in [-0.15, -0.1) is 11.3 Å². The second-order valence-electron chi connectivity index (χ2n) is 7.45. The molecule has 3 aromatic rings. The summed E-state index contributed by atoms with van der Waals surface area (Å²) in [7, 11) is 3.19. The molecule has 0 radical (unpaired) electrons. The van der Waals surface area contributed by atoms with Gasteiger partial charge in [-0.2, -0.15) is 0 Å². The van der Waals surface area contributed by atoms with Crippen LogP contribution in [0.5, 0.6) is 11.5 Å². The van der Waals surface area contributed by atoms with Crippen molar-refractivity contribution in [3.8, 4) is 11.5 Å². The van der Waals surface area contributed by atoms with Gasteiger partial charge in [0, 0.05) is 23.3 Å². The highest BCUT2D eigenvalue weighted by molar-refractivity contribution is 7.18. The van der Waals surface area contributed by atoms with Gasteiger partial charge >= 0.3 is 0 Å². The van der Waals surface area contributed by atoms with E-state index in [1.165, 1.54) is 4.88 Å². The predicted octanol–water partition coefficient (Wildman–Crippen LogP) is 3.30. The third-order valence-electron chi connectivity index (χ3n) is 5.49. The molecule has 1 aliphatic rings. The first-order chi connectivity index (χ1) is 14.5. The number of fused-ring (bicyclic) bond motifs is 3. The first kappa shape index (κ1) is 20.4. The summed E-state index contributed by atoms with van der Waals surface area (Å²) in [5.74, 6) is 1.81. The Labute approximate surface area is 178 Å². The number of nitrogens with zero attached hydrogens (tertiary/aromatic N) is 1. The van der Waals surface area contributed by atoms with Crippen LogP contribution in [-0.2, 0) is 24.1 Å². The molecule has 8 heteroatoms. The van der Waals surface area contributed by atoms with E-state index < -0.39 is 0 Å². The van der Waals surface area contributed by atoms with Crippen molar-refractivity contribution in [1.29, 1.82) is 0 Å². The van der Waals surface area contributed by atoms with Crippen LogP contribution in [0, 0.1) is 0 Å². The molecule has 0 saturated heterocycles. The zero-order valence-electron chi connectivity index (χ0n) is 17.3. The molecule has 4 rings (SSSR count). The molecule has 1 aliphatic carbocycles. The second-order valence-corrected chi connectivity index (χ2v) is 8.53. The Morgan fingerprint density at radius 2 is 2.13 bits per heavy atom. The minimum atomic E-state index is -0.252. The fourth-order valence-electron chi connectivity index (χ4n) is 3.97. The van der Waals surface area contributed by atoms with Gasteiger partial charge in [0.1, 0.15) is 22.2 Å². The van der Waals surface area contributed by atoms with Crippen molar-refractivity contribution in [2.45, 2.75) is 45.1 Å². The smallest absolute Gasteiger partial charge is 0.259 e. The number of benzene rings is 1. The molecule has 7 nitrogen and oxygen atoms in total. The lowest BCUT2D eigenvalue weighted by Gasteiger charge is -2.18. The number of hydrogen-bond donors (Lipinski definition) is 2. The summed E-state index contributed by atoms with van der Waals surface area (Å²) in [6, 6.07) is 5.23. The van der Waals surface area contributed by atoms with E-state index in [-0.39, 0.29) is 23.9 Å². The van der Waals surface area contributed by atoms with Gasteiger partial charge in [-0.05, 0) is 49.9 Å². The Bertz CT molecular complexity index is 1150. The van der Waals surface area contributed by atoms with Crippen molar-refractivity contribution in [2.24, 2.45) is 0 Å². The predicted molar refractivity (Wildman–Crippen MR) is 117 cm³/mol. The Balaban J connectivity index is 1.43. The lowest BCUT2D eigenvalue weighted by molar-refractivity contribution is -0.121. The monoisotopic (exact) mass is 427 g/mol. The van der Waals surface area contributed by atoms with Gasteiger partial charge < -0.3 is 19.8 Å². The highest BCUT2D eigenvalue weighted by Crippen LogP contribution is 2.34. The van der Waals surface area contributed by atoms with Crippen LogP contribution in [0.3, 0.4) is 0 Å². The molecule has 0 spiro atoms. The zero-order valence-corrected chi connectivity index (χ0v) is 18.1. The summed E-state index contributed by atoms with van der Waals surface area (Å²) < 4.78 is 10.7. The molecule has 1 aromatic carbocycles. The summed E-state index contributed by atoms with van der Waals surface area (Å²) >= 11 is 1.61. The van der Waals surface area contributed by atoms with Crippen LogP contribution < -0.4 is 20.3 Å². The number of H-pyrrole nitrogens is 1. The van der Waals surface area contributed by atoms with E-state index in [0.717, 1.165) is 40.6 Å². The first-order valence-corrected chi connectivity index (χ1v) is 10.9. The van der Waals surface area contributed by atoms with Gasteiger partial charge in [-0.3, -0.25) is 9.59 Å². The molecule has 0 aliphatic heterocycles. The summed E-state index contributed by atoms with van der Waals surface area (Å²) in [6.45, 7) is 1.90. The van der Waals surface area contributed by atoms with Crippen molar-refractivity contribution in [3.63, 3.8) is 0 Å². The maximum absolute atomic E-state index is 12.5. The summed E-state index contributed by atoms with van der Waals surface area (Å²) in [5, 5.41) is 3.72. The van der Waals surface area contributed by atoms with E-state index in [1.54, 1.807) is 25.6 Å². The Morgan fingerprint density at radius 3 is 2.90 bits per heavy atom. The highest BCUT2D eigenvalue weighted by atomic mass is 32.1. The van der Waals surface area contributed by atoms with E-state index >= 15 is 0 Å². The van der Waals surface area contributed by atoms with E-state index in [4.69, 9.17) is 9.47 Å². The Kier molecular flexibility index (Phi) is 5.76. The third kappa shape index (κ3) is 3.92. The van der Waals surface area contributed by atoms with Crippen LogP contribution in [0.25, 0.3) is 10.2 Å². The molecular weight excluding hydrogens is 402 g/mol. The maximum atomic E-state index is 12.5. The number of aryl methyl sites for hydroxylation is 3. The molecule has 2 aromatic heterocycles. The van der Waals surface area contributed by atoms with Gasteiger partial charge in [0.15, 0.2) is 0 Å². The first-order valence-electron chi connectivity index (χ1n) is 10.0. The number of methoxy groups -OCH3 is 2. The normalized spacial score (nSPS) is 13.8. The van der Waals surface area contributed by atoms with Crippen molar-refractivity contribution >= 4 is 27.5 Å². The van der Waals surface area contributed by atoms with E-state index in [0.29, 0.717) is 23.7 Å². The molecule has 1 unspecified atom stereocenters. The van der Waals surface area contributed by atoms with Crippen LogP contribution in [0.2, 0.25) is 0 Å². The molecule has 2 N–H and O–H groups in total. The van der Waals surface area contributed by atoms with Gasteiger partial charge in [0.2, 0.25) is 5.91 Å². The number of ether oxygens (including phenoxy) is 2. The number of nitrogens with one attached hydrogen (secondary N) is 2. The van der Waals surface area contributed by atoms with Crippen molar-refractivity contribution in [2.75, 3.05) is 14.2 Å². The molecule has 1 amide bonds. The number of aromatic amines is 1.